The van der Waals surface area contributed by atoms with Crippen LogP contribution < -0.4 is 0 Å². The molecular weight excluding hydrogens is 338 g/mol. The maximum atomic E-state index is 11.0. The first kappa shape index (κ1) is 17.9. The zero-order valence-corrected chi connectivity index (χ0v) is 16.2. The Morgan fingerprint density at radius 2 is 1.56 bits per heavy atom. The molecule has 3 unspecified atom stereocenters. The molecule has 0 radical (unpaired) electrons. The molecule has 140 valence electrons. The van der Waals surface area contributed by atoms with Crippen LogP contribution in [0.4, 0.5) is 5.69 Å². The molecule has 2 aromatic rings. The van der Waals surface area contributed by atoms with E-state index in [1.165, 1.54) is 5.56 Å². The van der Waals surface area contributed by atoms with Crippen LogP contribution in [0.2, 0.25) is 0 Å². The van der Waals surface area contributed by atoms with Crippen LogP contribution in [0.5, 0.6) is 0 Å². The van der Waals surface area contributed by atoms with Gasteiger partial charge >= 0.3 is 0 Å². The maximum Gasteiger partial charge on any atom is 0.269 e. The van der Waals surface area contributed by atoms with E-state index in [9.17, 15) is 10.1 Å². The normalized spacial score (nSPS) is 25.4. The average Bonchev–Trinajstić information content (AvgIpc) is 3.28. The zero-order valence-electron chi connectivity index (χ0n) is 16.2. The first-order valence-corrected chi connectivity index (χ1v) is 9.56. The van der Waals surface area contributed by atoms with Crippen LogP contribution in [-0.2, 0) is 0 Å². The number of hydrogen-bond acceptors (Lipinski definition) is 4. The lowest BCUT2D eigenvalue weighted by molar-refractivity contribution is -0.384. The van der Waals surface area contributed by atoms with Crippen molar-refractivity contribution >= 4 is 11.4 Å². The number of rotatable bonds is 5. The summed E-state index contributed by atoms with van der Waals surface area (Å²) >= 11 is 0. The summed E-state index contributed by atoms with van der Waals surface area (Å²) in [5.41, 5.74) is 3.32. The van der Waals surface area contributed by atoms with E-state index in [4.69, 9.17) is 4.99 Å². The first-order chi connectivity index (χ1) is 12.9. The minimum Gasteiger partial charge on any atom is -0.264 e. The Labute approximate surface area is 159 Å². The number of nitrogens with zero attached hydrogens (tertiary/aromatic N) is 3. The van der Waals surface area contributed by atoms with Gasteiger partial charge in [0.25, 0.3) is 5.69 Å². The molecule has 4 rings (SSSR count). The van der Waals surface area contributed by atoms with Gasteiger partial charge in [0.05, 0.1) is 22.7 Å². The van der Waals surface area contributed by atoms with Gasteiger partial charge in [-0.05, 0) is 23.0 Å². The molecule has 0 aromatic heterocycles. The van der Waals surface area contributed by atoms with Gasteiger partial charge in [-0.15, -0.1) is 0 Å². The minimum atomic E-state index is -0.346. The second-order valence-corrected chi connectivity index (χ2v) is 8.10. The van der Waals surface area contributed by atoms with Crippen molar-refractivity contribution in [3.05, 3.63) is 75.8 Å². The molecule has 1 fully saturated rings. The Kier molecular flexibility index (Phi) is 4.15. The summed E-state index contributed by atoms with van der Waals surface area (Å²) in [5, 5.41) is 11.0. The quantitative estimate of drug-likeness (QED) is 0.434. The molecule has 0 N–H and O–H groups in total. The van der Waals surface area contributed by atoms with Gasteiger partial charge < -0.3 is 0 Å². The van der Waals surface area contributed by atoms with E-state index in [0.29, 0.717) is 11.8 Å². The molecule has 0 spiro atoms. The van der Waals surface area contributed by atoms with Crippen LogP contribution in [0.25, 0.3) is 0 Å². The van der Waals surface area contributed by atoms with Crippen molar-refractivity contribution in [2.75, 3.05) is 0 Å². The standard InChI is InChI=1S/C22H25N3O2/c1-14(2)22(15(3)4)23-19(16-8-6-5-7-9-16)21-20(24(21)22)17-10-12-18(13-11-17)25(26)27/h5-15,20-21H,1-4H3. The van der Waals surface area contributed by atoms with E-state index in [1.54, 1.807) is 12.1 Å². The summed E-state index contributed by atoms with van der Waals surface area (Å²) in [5.74, 6) is 0.730. The van der Waals surface area contributed by atoms with Gasteiger partial charge in [0.2, 0.25) is 0 Å². The monoisotopic (exact) mass is 363 g/mol. The lowest BCUT2D eigenvalue weighted by Gasteiger charge is -2.38. The molecule has 3 atom stereocenters. The number of benzene rings is 2. The van der Waals surface area contributed by atoms with Gasteiger partial charge in [-0.25, -0.2) is 0 Å². The topological polar surface area (TPSA) is 58.5 Å². The van der Waals surface area contributed by atoms with Crippen molar-refractivity contribution in [3.63, 3.8) is 0 Å². The highest BCUT2D eigenvalue weighted by Gasteiger charge is 2.67. The van der Waals surface area contributed by atoms with Gasteiger partial charge in [-0.2, -0.15) is 0 Å². The molecule has 2 aliphatic rings. The fourth-order valence-corrected chi connectivity index (χ4v) is 4.78. The third-order valence-corrected chi connectivity index (χ3v) is 6.02. The highest BCUT2D eigenvalue weighted by molar-refractivity contribution is 6.08. The fraction of sp³-hybridized carbons (Fsp3) is 0.409. The molecule has 1 saturated heterocycles. The van der Waals surface area contributed by atoms with Crippen molar-refractivity contribution in [2.24, 2.45) is 16.8 Å². The van der Waals surface area contributed by atoms with Crippen molar-refractivity contribution in [1.82, 2.24) is 4.90 Å². The predicted octanol–water partition coefficient (Wildman–Crippen LogP) is 4.83. The molecular formula is C22H25N3O2. The molecule has 5 nitrogen and oxygen atoms in total. The number of non-ortho nitro benzene ring substituents is 1. The van der Waals surface area contributed by atoms with Gasteiger partial charge in [0.15, 0.2) is 0 Å². The van der Waals surface area contributed by atoms with Crippen molar-refractivity contribution in [2.45, 2.75) is 45.4 Å². The molecule has 0 saturated carbocycles. The second kappa shape index (κ2) is 6.27. The summed E-state index contributed by atoms with van der Waals surface area (Å²) in [4.78, 5) is 18.4. The smallest absolute Gasteiger partial charge is 0.264 e. The molecule has 27 heavy (non-hydrogen) atoms. The van der Waals surface area contributed by atoms with Crippen molar-refractivity contribution < 1.29 is 4.92 Å². The molecule has 0 bridgehead atoms. The lowest BCUT2D eigenvalue weighted by Crippen LogP contribution is -2.45. The fourth-order valence-electron chi connectivity index (χ4n) is 4.78. The summed E-state index contributed by atoms with van der Waals surface area (Å²) in [6.07, 6.45) is 0. The van der Waals surface area contributed by atoms with Crippen LogP contribution in [-0.4, -0.2) is 27.2 Å². The molecule has 2 aliphatic heterocycles. The number of aliphatic imine (C=N–C) groups is 1. The summed E-state index contributed by atoms with van der Waals surface area (Å²) in [6, 6.07) is 17.8. The van der Waals surface area contributed by atoms with E-state index in [0.717, 1.165) is 11.3 Å². The van der Waals surface area contributed by atoms with Gasteiger partial charge in [-0.3, -0.25) is 20.0 Å². The molecule has 5 heteroatoms. The second-order valence-electron chi connectivity index (χ2n) is 8.10. The Morgan fingerprint density at radius 1 is 0.963 bits per heavy atom. The SMILES string of the molecule is CC(C)C1(C(C)C)N=C(c2ccccc2)C2C(c3ccc([N+](=O)[O-])cc3)N21. The van der Waals surface area contributed by atoms with E-state index in [-0.39, 0.29) is 28.4 Å². The summed E-state index contributed by atoms with van der Waals surface area (Å²) in [6.45, 7) is 8.94. The number of nitro groups is 1. The first-order valence-electron chi connectivity index (χ1n) is 9.56. The van der Waals surface area contributed by atoms with E-state index >= 15 is 0 Å². The summed E-state index contributed by atoms with van der Waals surface area (Å²) < 4.78 is 0. The van der Waals surface area contributed by atoms with E-state index < -0.39 is 0 Å². The molecule has 2 aromatic carbocycles. The Hall–Kier alpha value is -2.53. The van der Waals surface area contributed by atoms with E-state index in [2.05, 4.69) is 56.9 Å². The third kappa shape index (κ3) is 2.60. The summed E-state index contributed by atoms with van der Waals surface area (Å²) in [7, 11) is 0. The van der Waals surface area contributed by atoms with Crippen LogP contribution in [0.15, 0.2) is 59.6 Å². The average molecular weight is 363 g/mol. The van der Waals surface area contributed by atoms with E-state index in [1.807, 2.05) is 18.2 Å². The maximum absolute atomic E-state index is 11.0. The zero-order chi connectivity index (χ0) is 19.3. The van der Waals surface area contributed by atoms with Crippen molar-refractivity contribution in [3.8, 4) is 0 Å². The van der Waals surface area contributed by atoms with Crippen LogP contribution >= 0.6 is 0 Å². The molecule has 2 heterocycles. The number of fused-ring (bicyclic) bond motifs is 1. The highest BCUT2D eigenvalue weighted by Crippen LogP contribution is 2.59. The largest absolute Gasteiger partial charge is 0.269 e. The molecule has 0 amide bonds. The Balaban J connectivity index is 1.78. The van der Waals surface area contributed by atoms with Crippen LogP contribution in [0.1, 0.15) is 44.9 Å². The lowest BCUT2D eigenvalue weighted by atomic mass is 9.85. The van der Waals surface area contributed by atoms with Crippen LogP contribution in [0, 0.1) is 22.0 Å². The number of hydrogen-bond donors (Lipinski definition) is 0. The van der Waals surface area contributed by atoms with Gasteiger partial charge in [-0.1, -0.05) is 70.2 Å². The van der Waals surface area contributed by atoms with Gasteiger partial charge in [0.1, 0.15) is 5.66 Å². The molecule has 0 aliphatic carbocycles. The third-order valence-electron chi connectivity index (χ3n) is 6.02. The Bertz CT molecular complexity index is 880. The highest BCUT2D eigenvalue weighted by atomic mass is 16.6. The number of nitro benzene ring substituents is 1. The van der Waals surface area contributed by atoms with Crippen LogP contribution in [0.3, 0.4) is 0 Å². The predicted molar refractivity (Wildman–Crippen MR) is 107 cm³/mol. The Morgan fingerprint density at radius 3 is 2.07 bits per heavy atom. The minimum absolute atomic E-state index is 0.135. The van der Waals surface area contributed by atoms with Crippen molar-refractivity contribution in [1.29, 1.82) is 0 Å². The van der Waals surface area contributed by atoms with Gasteiger partial charge in [0, 0.05) is 12.1 Å².